The number of aryl methyl sites for hydroxylation is 1. The summed E-state index contributed by atoms with van der Waals surface area (Å²) >= 11 is 1.57. The second-order valence-electron chi connectivity index (χ2n) is 7.08. The highest BCUT2D eigenvalue weighted by Crippen LogP contribution is 2.35. The molecule has 0 fully saturated rings. The smallest absolute Gasteiger partial charge is 0.260 e. The minimum Gasteiger partial charge on any atom is -0.496 e. The molecule has 0 unspecified atom stereocenters. The lowest BCUT2D eigenvalue weighted by molar-refractivity contribution is 0.303. The summed E-state index contributed by atoms with van der Waals surface area (Å²) in [5.74, 6) is 1.53. The number of aromatic nitrogens is 2. The van der Waals surface area contributed by atoms with Crippen LogP contribution in [0.1, 0.15) is 16.3 Å². The van der Waals surface area contributed by atoms with Gasteiger partial charge in [0.2, 0.25) is 0 Å². The molecule has 0 atom stereocenters. The Bertz CT molecular complexity index is 1200. The number of benzene rings is 2. The standard InChI is InChI=1S/C23H23N3O2S/c1-15-20(16-9-5-4-6-10-16)21-22(27)24-19(25-23(21)29-15)14-26(2)13-17-11-7-8-12-18(17)28-3/h4-12H,13-14H2,1-3H3,(H,24,25,27). The predicted molar refractivity (Wildman–Crippen MR) is 119 cm³/mol. The van der Waals surface area contributed by atoms with Crippen molar-refractivity contribution >= 4 is 21.6 Å². The van der Waals surface area contributed by atoms with Crippen LogP contribution in [0.4, 0.5) is 0 Å². The van der Waals surface area contributed by atoms with E-state index >= 15 is 0 Å². The van der Waals surface area contributed by atoms with Crippen molar-refractivity contribution in [3.05, 3.63) is 81.2 Å². The summed E-state index contributed by atoms with van der Waals surface area (Å²) < 4.78 is 5.43. The van der Waals surface area contributed by atoms with Crippen LogP contribution in [0, 0.1) is 6.92 Å². The molecular formula is C23H23N3O2S. The molecular weight excluding hydrogens is 382 g/mol. The van der Waals surface area contributed by atoms with E-state index < -0.39 is 0 Å². The molecule has 2 aromatic heterocycles. The fourth-order valence-corrected chi connectivity index (χ4v) is 4.69. The Labute approximate surface area is 173 Å². The van der Waals surface area contributed by atoms with Crippen LogP contribution < -0.4 is 10.3 Å². The third-order valence-corrected chi connectivity index (χ3v) is 5.90. The maximum atomic E-state index is 12.9. The lowest BCUT2D eigenvalue weighted by atomic mass is 10.0. The number of para-hydroxylation sites is 1. The van der Waals surface area contributed by atoms with Crippen molar-refractivity contribution in [2.24, 2.45) is 0 Å². The third-order valence-electron chi connectivity index (χ3n) is 4.90. The van der Waals surface area contributed by atoms with Crippen LogP contribution in [0.5, 0.6) is 5.75 Å². The van der Waals surface area contributed by atoms with Crippen LogP contribution in [0.3, 0.4) is 0 Å². The van der Waals surface area contributed by atoms with E-state index in [1.54, 1.807) is 18.4 Å². The highest BCUT2D eigenvalue weighted by molar-refractivity contribution is 7.19. The van der Waals surface area contributed by atoms with Crippen molar-refractivity contribution in [1.29, 1.82) is 0 Å². The first kappa shape index (κ1) is 19.4. The molecule has 2 heterocycles. The molecule has 5 nitrogen and oxygen atoms in total. The summed E-state index contributed by atoms with van der Waals surface area (Å²) in [6.07, 6.45) is 0. The van der Waals surface area contributed by atoms with Gasteiger partial charge in [0.1, 0.15) is 16.4 Å². The average Bonchev–Trinajstić information content (AvgIpc) is 3.05. The van der Waals surface area contributed by atoms with E-state index in [0.717, 1.165) is 32.1 Å². The number of rotatable bonds is 6. The zero-order valence-corrected chi connectivity index (χ0v) is 17.5. The molecule has 29 heavy (non-hydrogen) atoms. The van der Waals surface area contributed by atoms with Crippen LogP contribution >= 0.6 is 11.3 Å². The van der Waals surface area contributed by atoms with Crippen molar-refractivity contribution in [1.82, 2.24) is 14.9 Å². The van der Waals surface area contributed by atoms with Crippen molar-refractivity contribution < 1.29 is 4.74 Å². The molecule has 0 aliphatic rings. The van der Waals surface area contributed by atoms with E-state index in [1.165, 1.54) is 0 Å². The van der Waals surface area contributed by atoms with E-state index in [0.29, 0.717) is 24.3 Å². The average molecular weight is 406 g/mol. The molecule has 148 valence electrons. The summed E-state index contributed by atoms with van der Waals surface area (Å²) in [7, 11) is 3.68. The maximum Gasteiger partial charge on any atom is 0.260 e. The van der Waals surface area contributed by atoms with Gasteiger partial charge in [-0.15, -0.1) is 11.3 Å². The van der Waals surface area contributed by atoms with Crippen LogP contribution in [-0.4, -0.2) is 29.0 Å². The number of hydrogen-bond donors (Lipinski definition) is 1. The van der Waals surface area contributed by atoms with Crippen LogP contribution in [0.25, 0.3) is 21.3 Å². The second-order valence-corrected chi connectivity index (χ2v) is 8.28. The zero-order chi connectivity index (χ0) is 20.4. The van der Waals surface area contributed by atoms with E-state index in [1.807, 2.05) is 68.6 Å². The number of nitrogens with zero attached hydrogens (tertiary/aromatic N) is 2. The first-order chi connectivity index (χ1) is 14.1. The van der Waals surface area contributed by atoms with Gasteiger partial charge in [0, 0.05) is 22.5 Å². The molecule has 2 aromatic carbocycles. The fourth-order valence-electron chi connectivity index (χ4n) is 3.63. The Balaban J connectivity index is 1.64. The Hall–Kier alpha value is -2.96. The van der Waals surface area contributed by atoms with Crippen LogP contribution in [-0.2, 0) is 13.1 Å². The molecule has 0 saturated heterocycles. The van der Waals surface area contributed by atoms with Gasteiger partial charge >= 0.3 is 0 Å². The number of methoxy groups -OCH3 is 1. The maximum absolute atomic E-state index is 12.9. The number of thiophene rings is 1. The Morgan fingerprint density at radius 1 is 1.07 bits per heavy atom. The lowest BCUT2D eigenvalue weighted by Gasteiger charge is -2.17. The molecule has 0 spiro atoms. The lowest BCUT2D eigenvalue weighted by Crippen LogP contribution is -2.22. The van der Waals surface area contributed by atoms with Gasteiger partial charge in [-0.3, -0.25) is 9.69 Å². The number of aromatic amines is 1. The molecule has 4 rings (SSSR count). The van der Waals surface area contributed by atoms with Crippen LogP contribution in [0.15, 0.2) is 59.4 Å². The molecule has 0 aliphatic heterocycles. The number of fused-ring (bicyclic) bond motifs is 1. The molecule has 4 aromatic rings. The highest BCUT2D eigenvalue weighted by Gasteiger charge is 2.17. The molecule has 0 saturated carbocycles. The first-order valence-electron chi connectivity index (χ1n) is 9.45. The first-order valence-corrected chi connectivity index (χ1v) is 10.3. The summed E-state index contributed by atoms with van der Waals surface area (Å²) in [5.41, 5.74) is 3.04. The SMILES string of the molecule is COc1ccccc1CN(C)Cc1nc2sc(C)c(-c3ccccc3)c2c(=O)[nH]1. The Morgan fingerprint density at radius 2 is 1.79 bits per heavy atom. The normalized spacial score (nSPS) is 11.3. The third kappa shape index (κ3) is 3.95. The van der Waals surface area contributed by atoms with Crippen molar-refractivity contribution in [3.8, 4) is 16.9 Å². The molecule has 0 bridgehead atoms. The van der Waals surface area contributed by atoms with Crippen molar-refractivity contribution in [2.45, 2.75) is 20.0 Å². The fraction of sp³-hybridized carbons (Fsp3) is 0.217. The second kappa shape index (κ2) is 8.19. The quantitative estimate of drug-likeness (QED) is 0.509. The Kier molecular flexibility index (Phi) is 5.47. The molecule has 0 amide bonds. The minimum atomic E-state index is -0.0844. The largest absolute Gasteiger partial charge is 0.496 e. The van der Waals surface area contributed by atoms with Gasteiger partial charge in [0.25, 0.3) is 5.56 Å². The molecule has 6 heteroatoms. The van der Waals surface area contributed by atoms with Gasteiger partial charge in [-0.2, -0.15) is 0 Å². The zero-order valence-electron chi connectivity index (χ0n) is 16.7. The van der Waals surface area contributed by atoms with Gasteiger partial charge in [-0.1, -0.05) is 48.5 Å². The highest BCUT2D eigenvalue weighted by atomic mass is 32.1. The van der Waals surface area contributed by atoms with Gasteiger partial charge in [-0.05, 0) is 25.6 Å². The minimum absolute atomic E-state index is 0.0844. The Morgan fingerprint density at radius 3 is 2.55 bits per heavy atom. The summed E-state index contributed by atoms with van der Waals surface area (Å²) in [6.45, 7) is 3.28. The van der Waals surface area contributed by atoms with E-state index in [-0.39, 0.29) is 5.56 Å². The summed E-state index contributed by atoms with van der Waals surface area (Å²) in [4.78, 5) is 24.7. The molecule has 1 N–H and O–H groups in total. The van der Waals surface area contributed by atoms with Gasteiger partial charge in [0.15, 0.2) is 0 Å². The molecule has 0 aliphatic carbocycles. The number of nitrogens with one attached hydrogen (secondary N) is 1. The number of ether oxygens (including phenoxy) is 1. The van der Waals surface area contributed by atoms with Crippen molar-refractivity contribution in [3.63, 3.8) is 0 Å². The number of hydrogen-bond acceptors (Lipinski definition) is 5. The monoisotopic (exact) mass is 405 g/mol. The summed E-state index contributed by atoms with van der Waals surface area (Å²) in [6, 6.07) is 18.0. The van der Waals surface area contributed by atoms with E-state index in [4.69, 9.17) is 9.72 Å². The van der Waals surface area contributed by atoms with Gasteiger partial charge in [-0.25, -0.2) is 4.98 Å². The topological polar surface area (TPSA) is 58.2 Å². The van der Waals surface area contributed by atoms with Gasteiger partial charge < -0.3 is 9.72 Å². The van der Waals surface area contributed by atoms with E-state index in [9.17, 15) is 4.79 Å². The van der Waals surface area contributed by atoms with Crippen molar-refractivity contribution in [2.75, 3.05) is 14.2 Å². The number of H-pyrrole nitrogens is 1. The van der Waals surface area contributed by atoms with Crippen LogP contribution in [0.2, 0.25) is 0 Å². The molecule has 0 radical (unpaired) electrons. The predicted octanol–water partition coefficient (Wildman–Crippen LogP) is 4.60. The van der Waals surface area contributed by atoms with Gasteiger partial charge in [0.05, 0.1) is 19.0 Å². The summed E-state index contributed by atoms with van der Waals surface area (Å²) in [5, 5.41) is 0.676. The van der Waals surface area contributed by atoms with E-state index in [2.05, 4.69) is 9.88 Å².